The van der Waals surface area contributed by atoms with E-state index in [0.717, 1.165) is 37.8 Å². The molecule has 3 aliphatic carbocycles. The van der Waals surface area contributed by atoms with Crippen LogP contribution in [0.25, 0.3) is 22.2 Å². The van der Waals surface area contributed by atoms with Crippen molar-refractivity contribution in [1.29, 1.82) is 0 Å². The largest absolute Gasteiger partial charge is 0.383 e. The number of hydrogen-bond acceptors (Lipinski definition) is 6. The zero-order valence-corrected chi connectivity index (χ0v) is 21.9. The van der Waals surface area contributed by atoms with Gasteiger partial charge in [-0.05, 0) is 54.7 Å². The Bertz CT molecular complexity index is 1530. The zero-order chi connectivity index (χ0) is 26.2. The van der Waals surface area contributed by atoms with E-state index in [4.69, 9.17) is 5.73 Å². The molecule has 0 amide bonds. The summed E-state index contributed by atoms with van der Waals surface area (Å²) in [6, 6.07) is 4.72. The monoisotopic (exact) mass is 525 g/mol. The molecule has 3 saturated carbocycles. The summed E-state index contributed by atoms with van der Waals surface area (Å²) in [5.41, 5.74) is 6.77. The molecule has 37 heavy (non-hydrogen) atoms. The molecule has 3 aromatic rings. The molecule has 3 N–H and O–H groups in total. The number of carbonyl (C=O) groups excluding carboxylic acids is 1. The van der Waals surface area contributed by atoms with Gasteiger partial charge in [-0.25, -0.2) is 22.8 Å². The summed E-state index contributed by atoms with van der Waals surface area (Å²) in [4.78, 5) is 21.4. The minimum Gasteiger partial charge on any atom is -0.383 e. The molecule has 1 aromatic carbocycles. The predicted molar refractivity (Wildman–Crippen MR) is 141 cm³/mol. The van der Waals surface area contributed by atoms with Crippen molar-refractivity contribution in [3.63, 3.8) is 0 Å². The number of rotatable bonds is 6. The van der Waals surface area contributed by atoms with Crippen LogP contribution in [0.5, 0.6) is 0 Å². The van der Waals surface area contributed by atoms with Gasteiger partial charge in [0.2, 0.25) is 10.0 Å². The third kappa shape index (κ3) is 3.66. The molecular weight excluding hydrogens is 493 g/mol. The van der Waals surface area contributed by atoms with E-state index in [1.54, 1.807) is 6.07 Å². The van der Waals surface area contributed by atoms with Gasteiger partial charge >= 0.3 is 0 Å². The summed E-state index contributed by atoms with van der Waals surface area (Å²) in [6.07, 6.45) is 9.60. The second kappa shape index (κ2) is 8.24. The number of ketones is 1. The molecule has 196 valence electrons. The molecule has 2 unspecified atom stereocenters. The van der Waals surface area contributed by atoms with Gasteiger partial charge in [-0.15, -0.1) is 0 Å². The van der Waals surface area contributed by atoms with Crippen molar-refractivity contribution < 1.29 is 17.6 Å². The normalized spacial score (nSPS) is 25.4. The first-order valence-corrected chi connectivity index (χ1v) is 14.6. The highest BCUT2D eigenvalue weighted by atomic mass is 32.2. The standard InChI is InChI=1S/C27H32FN5O3S/c1-26(2)17-9-10-27(26,22(34)12-17)14-37(35,36)32-21-8-7-16(11-20(21)28)19-13-33(18-5-3-4-6-18)25-23(19)24(29)30-15-31-25/h7-8,11,13,15,17-18,32H,3-6,9-10,12,14H2,1-2H3,(H2,29,30,31). The van der Waals surface area contributed by atoms with Gasteiger partial charge in [0.15, 0.2) is 0 Å². The van der Waals surface area contributed by atoms with Gasteiger partial charge in [0.05, 0.1) is 22.2 Å². The Morgan fingerprint density at radius 3 is 2.59 bits per heavy atom. The first-order valence-electron chi connectivity index (χ1n) is 13.0. The summed E-state index contributed by atoms with van der Waals surface area (Å²) in [5.74, 6) is -0.494. The van der Waals surface area contributed by atoms with Crippen LogP contribution in [0.2, 0.25) is 0 Å². The quantitative estimate of drug-likeness (QED) is 0.464. The Kier molecular flexibility index (Phi) is 5.42. The molecule has 0 aliphatic heterocycles. The van der Waals surface area contributed by atoms with Crippen molar-refractivity contribution >= 4 is 38.3 Å². The van der Waals surface area contributed by atoms with Crippen molar-refractivity contribution in [2.45, 2.75) is 64.8 Å². The van der Waals surface area contributed by atoms with Crippen molar-refractivity contribution in [2.24, 2.45) is 16.7 Å². The highest BCUT2D eigenvalue weighted by Gasteiger charge is 2.65. The van der Waals surface area contributed by atoms with Crippen LogP contribution in [0.3, 0.4) is 0 Å². The zero-order valence-electron chi connectivity index (χ0n) is 21.1. The number of halogens is 1. The third-order valence-electron chi connectivity index (χ3n) is 9.48. The van der Waals surface area contributed by atoms with E-state index in [9.17, 15) is 13.2 Å². The molecule has 3 aliphatic rings. The number of sulfonamides is 1. The number of fused-ring (bicyclic) bond motifs is 3. The molecule has 8 nitrogen and oxygen atoms in total. The SMILES string of the molecule is CC1(C)C2CCC1(CS(=O)(=O)Nc1ccc(-c3cn(C4CCCC4)c4ncnc(N)c34)cc1F)C(=O)C2. The van der Waals surface area contributed by atoms with Crippen molar-refractivity contribution in [1.82, 2.24) is 14.5 Å². The van der Waals surface area contributed by atoms with Crippen LogP contribution in [0.4, 0.5) is 15.9 Å². The average molecular weight is 526 g/mol. The van der Waals surface area contributed by atoms with E-state index in [1.807, 2.05) is 20.0 Å². The molecule has 2 bridgehead atoms. The molecule has 0 spiro atoms. The van der Waals surface area contributed by atoms with Gasteiger partial charge in [-0.3, -0.25) is 9.52 Å². The van der Waals surface area contributed by atoms with Crippen LogP contribution in [0.1, 0.15) is 64.8 Å². The number of hydrogen-bond donors (Lipinski definition) is 2. The number of nitrogen functional groups attached to an aromatic ring is 1. The molecule has 0 radical (unpaired) electrons. The lowest BCUT2D eigenvalue weighted by atomic mass is 9.70. The van der Waals surface area contributed by atoms with Crippen LogP contribution in [0, 0.1) is 22.6 Å². The van der Waals surface area contributed by atoms with E-state index < -0.39 is 26.7 Å². The number of anilines is 2. The molecule has 6 rings (SSSR count). The highest BCUT2D eigenvalue weighted by molar-refractivity contribution is 7.92. The Labute approximate surface area is 215 Å². The van der Waals surface area contributed by atoms with Crippen molar-refractivity contribution in [2.75, 3.05) is 16.2 Å². The number of nitrogens with zero attached hydrogens (tertiary/aromatic N) is 3. The van der Waals surface area contributed by atoms with Crippen LogP contribution in [-0.4, -0.2) is 34.5 Å². The summed E-state index contributed by atoms with van der Waals surface area (Å²) < 4.78 is 46.2. The molecule has 3 fully saturated rings. The van der Waals surface area contributed by atoms with E-state index in [-0.39, 0.29) is 23.1 Å². The fourth-order valence-corrected chi connectivity index (χ4v) is 9.09. The van der Waals surface area contributed by atoms with E-state index in [2.05, 4.69) is 19.3 Å². The molecular formula is C27H32FN5O3S. The van der Waals surface area contributed by atoms with Crippen LogP contribution < -0.4 is 10.5 Å². The topological polar surface area (TPSA) is 120 Å². The molecule has 2 heterocycles. The third-order valence-corrected chi connectivity index (χ3v) is 10.9. The van der Waals surface area contributed by atoms with E-state index in [1.165, 1.54) is 18.5 Å². The maximum Gasteiger partial charge on any atom is 0.233 e. The second-order valence-electron chi connectivity index (χ2n) is 11.6. The Balaban J connectivity index is 1.32. The minimum absolute atomic E-state index is 0.00778. The predicted octanol–water partition coefficient (Wildman–Crippen LogP) is 5.07. The number of nitrogens with two attached hydrogens (primary N) is 1. The number of nitrogens with one attached hydrogen (secondary N) is 1. The van der Waals surface area contributed by atoms with E-state index >= 15 is 4.39 Å². The molecule has 10 heteroatoms. The lowest BCUT2D eigenvalue weighted by Gasteiger charge is -2.36. The molecule has 2 atom stereocenters. The lowest BCUT2D eigenvalue weighted by Crippen LogP contribution is -2.43. The summed E-state index contributed by atoms with van der Waals surface area (Å²) >= 11 is 0. The van der Waals surface area contributed by atoms with Crippen LogP contribution in [-0.2, 0) is 14.8 Å². The van der Waals surface area contributed by atoms with Gasteiger partial charge in [0, 0.05) is 24.2 Å². The van der Waals surface area contributed by atoms with Gasteiger partial charge in [-0.1, -0.05) is 32.8 Å². The highest BCUT2D eigenvalue weighted by Crippen LogP contribution is 2.64. The smallest absolute Gasteiger partial charge is 0.233 e. The van der Waals surface area contributed by atoms with Crippen LogP contribution >= 0.6 is 0 Å². The maximum atomic E-state index is 15.3. The second-order valence-corrected chi connectivity index (χ2v) is 13.3. The summed E-state index contributed by atoms with van der Waals surface area (Å²) in [5, 5.41) is 0.666. The molecule has 0 saturated heterocycles. The van der Waals surface area contributed by atoms with Gasteiger partial charge in [0.25, 0.3) is 0 Å². The Morgan fingerprint density at radius 2 is 1.95 bits per heavy atom. The number of aromatic nitrogens is 3. The van der Waals surface area contributed by atoms with Gasteiger partial charge in [-0.2, -0.15) is 0 Å². The van der Waals surface area contributed by atoms with Crippen LogP contribution in [0.15, 0.2) is 30.7 Å². The molecule has 2 aromatic heterocycles. The minimum atomic E-state index is -3.97. The fraction of sp³-hybridized carbons (Fsp3) is 0.519. The van der Waals surface area contributed by atoms with Crippen molar-refractivity contribution in [3.05, 3.63) is 36.5 Å². The number of benzene rings is 1. The Hall–Kier alpha value is -3.01. The van der Waals surface area contributed by atoms with Crippen molar-refractivity contribution in [3.8, 4) is 11.1 Å². The first kappa shape index (κ1) is 24.3. The van der Waals surface area contributed by atoms with E-state index in [0.29, 0.717) is 41.2 Å². The Morgan fingerprint density at radius 1 is 1.19 bits per heavy atom. The van der Waals surface area contributed by atoms with Gasteiger partial charge < -0.3 is 10.3 Å². The number of Topliss-reactive ketones (excluding diaryl/α,β-unsaturated/α-hetero) is 1. The number of carbonyl (C=O) groups is 1. The fourth-order valence-electron chi connectivity index (χ4n) is 7.19. The first-order chi connectivity index (χ1) is 17.5. The lowest BCUT2D eigenvalue weighted by molar-refractivity contribution is -0.128. The summed E-state index contributed by atoms with van der Waals surface area (Å²) in [6.45, 7) is 3.97. The maximum absolute atomic E-state index is 15.3. The average Bonchev–Trinajstić information content (AvgIpc) is 3.57. The van der Waals surface area contributed by atoms with Gasteiger partial charge in [0.1, 0.15) is 29.4 Å². The summed E-state index contributed by atoms with van der Waals surface area (Å²) in [7, 11) is -3.97.